The second-order valence-electron chi connectivity index (χ2n) is 6.29. The number of methoxy groups -OCH3 is 2. The molecular weight excluding hydrogens is 319 g/mol. The average Bonchev–Trinajstić information content (AvgIpc) is 2.66. The van der Waals surface area contributed by atoms with Gasteiger partial charge in [0.15, 0.2) is 0 Å². The first-order chi connectivity index (χ1) is 12.2. The summed E-state index contributed by atoms with van der Waals surface area (Å²) in [7, 11) is 3.29. The quantitative estimate of drug-likeness (QED) is 0.843. The molecule has 0 radical (unpaired) electrons. The van der Waals surface area contributed by atoms with Crippen molar-refractivity contribution in [1.82, 2.24) is 10.6 Å². The molecule has 5 heteroatoms. The van der Waals surface area contributed by atoms with E-state index < -0.39 is 0 Å². The Hall–Kier alpha value is -2.11. The first-order valence-corrected chi connectivity index (χ1v) is 8.64. The Kier molecular flexibility index (Phi) is 5.89. The molecule has 1 aliphatic heterocycles. The fourth-order valence-corrected chi connectivity index (χ4v) is 3.42. The Morgan fingerprint density at radius 3 is 2.84 bits per heavy atom. The van der Waals surface area contributed by atoms with E-state index in [1.165, 1.54) is 17.7 Å². The van der Waals surface area contributed by atoms with Gasteiger partial charge in [0.25, 0.3) is 0 Å². The summed E-state index contributed by atoms with van der Waals surface area (Å²) in [6, 6.07) is 13.2. The third-order valence-corrected chi connectivity index (χ3v) is 4.71. The van der Waals surface area contributed by atoms with Crippen LogP contribution >= 0.6 is 0 Å². The molecular formula is C20H25FN2O2. The SMILES string of the molecule is COc1cccc([C@@H]2NCCC[C@@H]2NCc2cc(F)ccc2OC)c1. The van der Waals surface area contributed by atoms with Crippen LogP contribution in [-0.2, 0) is 6.54 Å². The highest BCUT2D eigenvalue weighted by Gasteiger charge is 2.26. The van der Waals surface area contributed by atoms with Crippen LogP contribution in [0.4, 0.5) is 4.39 Å². The first kappa shape index (κ1) is 17.7. The number of nitrogens with one attached hydrogen (secondary N) is 2. The van der Waals surface area contributed by atoms with Crippen molar-refractivity contribution in [2.24, 2.45) is 0 Å². The minimum absolute atomic E-state index is 0.198. The molecule has 0 spiro atoms. The predicted molar refractivity (Wildman–Crippen MR) is 96.6 cm³/mol. The van der Waals surface area contributed by atoms with Crippen molar-refractivity contribution in [2.45, 2.75) is 31.5 Å². The zero-order valence-corrected chi connectivity index (χ0v) is 14.7. The molecule has 0 saturated carbocycles. The van der Waals surface area contributed by atoms with Crippen molar-refractivity contribution < 1.29 is 13.9 Å². The van der Waals surface area contributed by atoms with E-state index >= 15 is 0 Å². The summed E-state index contributed by atoms with van der Waals surface area (Å²) in [6.07, 6.45) is 2.17. The largest absolute Gasteiger partial charge is 0.497 e. The second kappa shape index (κ2) is 8.32. The van der Waals surface area contributed by atoms with Crippen LogP contribution in [-0.4, -0.2) is 26.8 Å². The van der Waals surface area contributed by atoms with Gasteiger partial charge >= 0.3 is 0 Å². The molecule has 1 aliphatic rings. The highest BCUT2D eigenvalue weighted by molar-refractivity contribution is 5.34. The van der Waals surface area contributed by atoms with E-state index in [1.54, 1.807) is 20.3 Å². The summed E-state index contributed by atoms with van der Waals surface area (Å²) in [5, 5.41) is 7.17. The van der Waals surface area contributed by atoms with Crippen molar-refractivity contribution >= 4 is 0 Å². The maximum absolute atomic E-state index is 13.6. The molecule has 0 bridgehead atoms. The van der Waals surface area contributed by atoms with Crippen LogP contribution in [0, 0.1) is 5.82 Å². The zero-order chi connectivity index (χ0) is 17.6. The normalized spacial score (nSPS) is 20.3. The van der Waals surface area contributed by atoms with Gasteiger partial charge in [-0.15, -0.1) is 0 Å². The summed E-state index contributed by atoms with van der Waals surface area (Å²) < 4.78 is 24.3. The average molecular weight is 344 g/mol. The van der Waals surface area contributed by atoms with Crippen LogP contribution in [0.5, 0.6) is 11.5 Å². The van der Waals surface area contributed by atoms with E-state index in [0.29, 0.717) is 12.3 Å². The van der Waals surface area contributed by atoms with Gasteiger partial charge in [0.1, 0.15) is 17.3 Å². The molecule has 4 nitrogen and oxygen atoms in total. The predicted octanol–water partition coefficient (Wildman–Crippen LogP) is 3.43. The van der Waals surface area contributed by atoms with E-state index in [9.17, 15) is 4.39 Å². The molecule has 2 atom stereocenters. The fraction of sp³-hybridized carbons (Fsp3) is 0.400. The van der Waals surface area contributed by atoms with Gasteiger partial charge in [-0.1, -0.05) is 12.1 Å². The summed E-state index contributed by atoms with van der Waals surface area (Å²) in [4.78, 5) is 0. The lowest BCUT2D eigenvalue weighted by Gasteiger charge is -2.34. The summed E-state index contributed by atoms with van der Waals surface area (Å²) in [6.45, 7) is 1.55. The zero-order valence-electron chi connectivity index (χ0n) is 14.7. The Bertz CT molecular complexity index is 708. The number of halogens is 1. The summed E-state index contributed by atoms with van der Waals surface area (Å²) in [5.74, 6) is 1.31. The van der Waals surface area contributed by atoms with Crippen LogP contribution in [0.2, 0.25) is 0 Å². The van der Waals surface area contributed by atoms with Gasteiger partial charge in [-0.3, -0.25) is 0 Å². The number of piperidine rings is 1. The number of hydrogen-bond donors (Lipinski definition) is 2. The number of rotatable bonds is 6. The molecule has 1 saturated heterocycles. The monoisotopic (exact) mass is 344 g/mol. The lowest BCUT2D eigenvalue weighted by molar-refractivity contribution is 0.301. The molecule has 0 aliphatic carbocycles. The van der Waals surface area contributed by atoms with Crippen molar-refractivity contribution in [3.8, 4) is 11.5 Å². The van der Waals surface area contributed by atoms with Crippen LogP contribution < -0.4 is 20.1 Å². The summed E-state index contributed by atoms with van der Waals surface area (Å²) >= 11 is 0. The molecule has 1 heterocycles. The van der Waals surface area contributed by atoms with Crippen LogP contribution in [0.1, 0.15) is 30.0 Å². The molecule has 0 unspecified atom stereocenters. The lowest BCUT2D eigenvalue weighted by Crippen LogP contribution is -2.45. The van der Waals surface area contributed by atoms with Gasteiger partial charge in [-0.2, -0.15) is 0 Å². The van der Waals surface area contributed by atoms with E-state index in [4.69, 9.17) is 9.47 Å². The van der Waals surface area contributed by atoms with Crippen LogP contribution in [0.25, 0.3) is 0 Å². The van der Waals surface area contributed by atoms with Crippen LogP contribution in [0.3, 0.4) is 0 Å². The Morgan fingerprint density at radius 1 is 1.16 bits per heavy atom. The van der Waals surface area contributed by atoms with Gasteiger partial charge in [0.05, 0.1) is 14.2 Å². The topological polar surface area (TPSA) is 42.5 Å². The van der Waals surface area contributed by atoms with Gasteiger partial charge in [-0.05, 0) is 55.3 Å². The molecule has 134 valence electrons. The fourth-order valence-electron chi connectivity index (χ4n) is 3.42. The molecule has 1 fully saturated rings. The maximum atomic E-state index is 13.6. The number of ether oxygens (including phenoxy) is 2. The third-order valence-electron chi connectivity index (χ3n) is 4.71. The third kappa shape index (κ3) is 4.30. The van der Waals surface area contributed by atoms with Crippen molar-refractivity contribution in [3.63, 3.8) is 0 Å². The number of hydrogen-bond acceptors (Lipinski definition) is 4. The molecule has 2 N–H and O–H groups in total. The smallest absolute Gasteiger partial charge is 0.123 e. The van der Waals surface area contributed by atoms with Gasteiger partial charge < -0.3 is 20.1 Å². The second-order valence-corrected chi connectivity index (χ2v) is 6.29. The summed E-state index contributed by atoms with van der Waals surface area (Å²) in [5.41, 5.74) is 2.03. The first-order valence-electron chi connectivity index (χ1n) is 8.64. The minimum Gasteiger partial charge on any atom is -0.497 e. The molecule has 2 aromatic rings. The van der Waals surface area contributed by atoms with E-state index in [-0.39, 0.29) is 17.9 Å². The number of benzene rings is 2. The standard InChI is InChI=1S/C20H25FN2O2/c1-24-17-6-3-5-14(12-17)20-18(7-4-10-22-20)23-13-15-11-16(21)8-9-19(15)25-2/h3,5-6,8-9,11-12,18,20,22-23H,4,7,10,13H2,1-2H3/t18-,20-/m0/s1. The van der Waals surface area contributed by atoms with E-state index in [2.05, 4.69) is 22.8 Å². The van der Waals surface area contributed by atoms with Crippen molar-refractivity contribution in [1.29, 1.82) is 0 Å². The Labute approximate surface area is 148 Å². The van der Waals surface area contributed by atoms with Gasteiger partial charge in [-0.25, -0.2) is 4.39 Å². The minimum atomic E-state index is -0.247. The van der Waals surface area contributed by atoms with Gasteiger partial charge in [0.2, 0.25) is 0 Å². The molecule has 25 heavy (non-hydrogen) atoms. The van der Waals surface area contributed by atoms with Crippen molar-refractivity contribution in [3.05, 3.63) is 59.4 Å². The lowest BCUT2D eigenvalue weighted by atomic mass is 9.92. The molecule has 2 aromatic carbocycles. The van der Waals surface area contributed by atoms with Gasteiger partial charge in [0, 0.05) is 24.2 Å². The Morgan fingerprint density at radius 2 is 2.04 bits per heavy atom. The molecule has 0 amide bonds. The highest BCUT2D eigenvalue weighted by Crippen LogP contribution is 2.27. The van der Waals surface area contributed by atoms with E-state index in [0.717, 1.165) is 30.7 Å². The molecule has 3 rings (SSSR count). The maximum Gasteiger partial charge on any atom is 0.123 e. The highest BCUT2D eigenvalue weighted by atomic mass is 19.1. The van der Waals surface area contributed by atoms with Crippen LogP contribution in [0.15, 0.2) is 42.5 Å². The molecule has 0 aromatic heterocycles. The van der Waals surface area contributed by atoms with E-state index in [1.807, 2.05) is 12.1 Å². The van der Waals surface area contributed by atoms with Crippen molar-refractivity contribution in [2.75, 3.05) is 20.8 Å². The Balaban J connectivity index is 1.74.